The van der Waals surface area contributed by atoms with Crippen LogP contribution in [0.25, 0.3) is 0 Å². The molecule has 0 amide bonds. The Morgan fingerprint density at radius 3 is 2.94 bits per heavy atom. The van der Waals surface area contributed by atoms with E-state index in [1.54, 1.807) is 30.1 Å². The first-order chi connectivity index (χ1) is 8.56. The van der Waals surface area contributed by atoms with E-state index in [-0.39, 0.29) is 12.2 Å². The van der Waals surface area contributed by atoms with Gasteiger partial charge in [-0.05, 0) is 18.2 Å². The number of carbonyl (C=O) groups is 1. The van der Waals surface area contributed by atoms with E-state index >= 15 is 0 Å². The third-order valence-electron chi connectivity index (χ3n) is 2.20. The van der Waals surface area contributed by atoms with Crippen LogP contribution in [0.4, 0.5) is 0 Å². The monoisotopic (exact) mass is 311 g/mol. The molecule has 0 atom stereocenters. The second kappa shape index (κ2) is 5.18. The maximum atomic E-state index is 11.1. The van der Waals surface area contributed by atoms with Crippen LogP contribution in [0, 0.1) is 0 Å². The van der Waals surface area contributed by atoms with Gasteiger partial charge in [-0.2, -0.15) is 0 Å². The van der Waals surface area contributed by atoms with Gasteiger partial charge in [-0.3, -0.25) is 4.68 Å². The predicted molar refractivity (Wildman–Crippen MR) is 66.4 cm³/mol. The Balaban J connectivity index is 2.16. The van der Waals surface area contributed by atoms with Crippen molar-refractivity contribution in [3.05, 3.63) is 40.1 Å². The molecule has 2 rings (SSSR count). The van der Waals surface area contributed by atoms with Gasteiger partial charge >= 0.3 is 5.97 Å². The molecule has 0 radical (unpaired) electrons. The summed E-state index contributed by atoms with van der Waals surface area (Å²) in [7, 11) is 1.75. The van der Waals surface area contributed by atoms with Crippen molar-refractivity contribution in [2.75, 3.05) is 0 Å². The number of halogens is 1. The highest BCUT2D eigenvalue weighted by Crippen LogP contribution is 2.23. The van der Waals surface area contributed by atoms with Crippen LogP contribution in [0.5, 0.6) is 5.75 Å². The first-order valence-corrected chi connectivity index (χ1v) is 5.86. The van der Waals surface area contributed by atoms with Crippen molar-refractivity contribution < 1.29 is 14.6 Å². The molecule has 1 aromatic carbocycles. The highest BCUT2D eigenvalue weighted by atomic mass is 79.9. The third-order valence-corrected chi connectivity index (χ3v) is 2.69. The summed E-state index contributed by atoms with van der Waals surface area (Å²) in [6.45, 7) is 0.176. The van der Waals surface area contributed by atoms with E-state index in [1.165, 1.54) is 6.07 Å². The van der Waals surface area contributed by atoms with Crippen molar-refractivity contribution in [1.29, 1.82) is 0 Å². The smallest absolute Gasteiger partial charge is 0.339 e. The lowest BCUT2D eigenvalue weighted by atomic mass is 10.2. The number of aryl methyl sites for hydroxylation is 1. The van der Waals surface area contributed by atoms with E-state index in [4.69, 9.17) is 9.84 Å². The Kier molecular flexibility index (Phi) is 3.61. The topological polar surface area (TPSA) is 77.2 Å². The highest BCUT2D eigenvalue weighted by Gasteiger charge is 2.12. The van der Waals surface area contributed by atoms with Crippen molar-refractivity contribution >= 4 is 21.9 Å². The van der Waals surface area contributed by atoms with E-state index < -0.39 is 5.97 Å². The number of carboxylic acid groups (broad SMARTS) is 1. The quantitative estimate of drug-likeness (QED) is 0.932. The molecule has 0 aliphatic heterocycles. The van der Waals surface area contributed by atoms with Crippen LogP contribution < -0.4 is 4.74 Å². The molecular formula is C11H10BrN3O3. The number of aromatic nitrogens is 3. The second-order valence-electron chi connectivity index (χ2n) is 3.62. The number of aromatic carboxylic acids is 1. The molecule has 1 aromatic heterocycles. The summed E-state index contributed by atoms with van der Waals surface area (Å²) in [5.74, 6) is -0.734. The molecule has 2 aromatic rings. The van der Waals surface area contributed by atoms with Crippen LogP contribution >= 0.6 is 15.9 Å². The normalized spacial score (nSPS) is 10.3. The average Bonchev–Trinajstić information content (AvgIpc) is 2.73. The number of ether oxygens (including phenoxy) is 1. The summed E-state index contributed by atoms with van der Waals surface area (Å²) in [4.78, 5) is 11.1. The van der Waals surface area contributed by atoms with Gasteiger partial charge in [0.1, 0.15) is 23.6 Å². The van der Waals surface area contributed by atoms with Gasteiger partial charge < -0.3 is 9.84 Å². The Bertz CT molecular complexity index is 583. The lowest BCUT2D eigenvalue weighted by molar-refractivity contribution is 0.0691. The molecule has 1 heterocycles. The molecule has 0 saturated carbocycles. The fraction of sp³-hybridized carbons (Fsp3) is 0.182. The van der Waals surface area contributed by atoms with Gasteiger partial charge in [0.25, 0.3) is 0 Å². The Hall–Kier alpha value is -1.89. The van der Waals surface area contributed by atoms with Crippen molar-refractivity contribution in [1.82, 2.24) is 15.0 Å². The minimum Gasteiger partial charge on any atom is -0.486 e. The van der Waals surface area contributed by atoms with Crippen LogP contribution in [0.3, 0.4) is 0 Å². The summed E-state index contributed by atoms with van der Waals surface area (Å²) >= 11 is 3.22. The lowest BCUT2D eigenvalue weighted by Gasteiger charge is -2.07. The van der Waals surface area contributed by atoms with Crippen LogP contribution in [-0.2, 0) is 13.7 Å². The van der Waals surface area contributed by atoms with E-state index in [0.29, 0.717) is 15.9 Å². The molecule has 0 saturated heterocycles. The summed E-state index contributed by atoms with van der Waals surface area (Å²) in [6, 6.07) is 4.82. The fourth-order valence-corrected chi connectivity index (χ4v) is 1.77. The van der Waals surface area contributed by atoms with Gasteiger partial charge in [0, 0.05) is 11.5 Å². The predicted octanol–water partition coefficient (Wildman–Crippen LogP) is 1.85. The number of carboxylic acids is 1. The molecule has 0 unspecified atom stereocenters. The molecule has 1 N–H and O–H groups in total. The molecular weight excluding hydrogens is 302 g/mol. The number of hydrogen-bond acceptors (Lipinski definition) is 4. The fourth-order valence-electron chi connectivity index (χ4n) is 1.41. The van der Waals surface area contributed by atoms with Gasteiger partial charge in [-0.25, -0.2) is 4.79 Å². The zero-order valence-electron chi connectivity index (χ0n) is 9.50. The van der Waals surface area contributed by atoms with Crippen molar-refractivity contribution in [2.45, 2.75) is 6.61 Å². The first-order valence-electron chi connectivity index (χ1n) is 5.07. The molecule has 0 bridgehead atoms. The zero-order chi connectivity index (χ0) is 13.1. The van der Waals surface area contributed by atoms with Crippen LogP contribution in [0.1, 0.15) is 16.1 Å². The Labute approximate surface area is 111 Å². The summed E-state index contributed by atoms with van der Waals surface area (Å²) in [6.07, 6.45) is 1.71. The Morgan fingerprint density at radius 1 is 1.56 bits per heavy atom. The first kappa shape index (κ1) is 12.6. The van der Waals surface area contributed by atoms with Gasteiger partial charge in [0.15, 0.2) is 0 Å². The SMILES string of the molecule is Cn1cc(COc2ccc(Br)cc2C(=O)O)nn1. The van der Waals surface area contributed by atoms with E-state index in [0.717, 1.165) is 0 Å². The summed E-state index contributed by atoms with van der Waals surface area (Å²) in [5, 5.41) is 16.7. The molecule has 0 fully saturated rings. The van der Waals surface area contributed by atoms with E-state index in [2.05, 4.69) is 26.2 Å². The molecule has 0 spiro atoms. The summed E-state index contributed by atoms with van der Waals surface area (Å²) < 4.78 is 7.68. The maximum Gasteiger partial charge on any atom is 0.339 e. The van der Waals surface area contributed by atoms with E-state index in [9.17, 15) is 4.79 Å². The van der Waals surface area contributed by atoms with Gasteiger partial charge in [0.05, 0.1) is 6.20 Å². The molecule has 0 aliphatic carbocycles. The minimum atomic E-state index is -1.04. The second-order valence-corrected chi connectivity index (χ2v) is 4.53. The molecule has 18 heavy (non-hydrogen) atoms. The van der Waals surface area contributed by atoms with Crippen LogP contribution in [0.2, 0.25) is 0 Å². The number of benzene rings is 1. The number of rotatable bonds is 4. The number of hydrogen-bond donors (Lipinski definition) is 1. The largest absolute Gasteiger partial charge is 0.486 e. The van der Waals surface area contributed by atoms with Crippen LogP contribution in [-0.4, -0.2) is 26.1 Å². The lowest BCUT2D eigenvalue weighted by Crippen LogP contribution is -2.03. The Morgan fingerprint density at radius 2 is 2.33 bits per heavy atom. The average molecular weight is 312 g/mol. The van der Waals surface area contributed by atoms with Crippen LogP contribution in [0.15, 0.2) is 28.9 Å². The molecule has 6 nitrogen and oxygen atoms in total. The van der Waals surface area contributed by atoms with E-state index in [1.807, 2.05) is 0 Å². The summed E-state index contributed by atoms with van der Waals surface area (Å²) in [5.41, 5.74) is 0.741. The zero-order valence-corrected chi connectivity index (χ0v) is 11.1. The molecule has 7 heteroatoms. The van der Waals surface area contributed by atoms with Crippen molar-refractivity contribution in [3.8, 4) is 5.75 Å². The molecule has 94 valence electrons. The van der Waals surface area contributed by atoms with Gasteiger partial charge in [-0.1, -0.05) is 21.1 Å². The van der Waals surface area contributed by atoms with Gasteiger partial charge in [0.2, 0.25) is 0 Å². The third kappa shape index (κ3) is 2.86. The van der Waals surface area contributed by atoms with Gasteiger partial charge in [-0.15, -0.1) is 5.10 Å². The minimum absolute atomic E-state index is 0.105. The van der Waals surface area contributed by atoms with Crippen molar-refractivity contribution in [3.63, 3.8) is 0 Å². The maximum absolute atomic E-state index is 11.1. The standard InChI is InChI=1S/C11H10BrN3O3/c1-15-5-8(13-14-15)6-18-10-3-2-7(12)4-9(10)11(16)17/h2-5H,6H2,1H3,(H,16,17). The number of nitrogens with zero attached hydrogens (tertiary/aromatic N) is 3. The molecule has 0 aliphatic rings. The van der Waals surface area contributed by atoms with Crippen molar-refractivity contribution in [2.24, 2.45) is 7.05 Å². The highest BCUT2D eigenvalue weighted by molar-refractivity contribution is 9.10.